The van der Waals surface area contributed by atoms with Crippen molar-refractivity contribution in [3.05, 3.63) is 40.6 Å². The number of carbonyl (C=O) groups is 1. The molecule has 0 unspecified atom stereocenters. The third-order valence-corrected chi connectivity index (χ3v) is 5.66. The second kappa shape index (κ2) is 10.1. The molecule has 0 saturated heterocycles. The highest BCUT2D eigenvalue weighted by molar-refractivity contribution is 6.31. The third kappa shape index (κ3) is 7.31. The van der Waals surface area contributed by atoms with Crippen molar-refractivity contribution < 1.29 is 4.79 Å². The molecular weight excluding hydrogens is 370 g/mol. The summed E-state index contributed by atoms with van der Waals surface area (Å²) >= 11 is 6.43. The first-order valence-electron chi connectivity index (χ1n) is 10.3. The molecule has 0 heterocycles. The van der Waals surface area contributed by atoms with Crippen LogP contribution in [0.25, 0.3) is 0 Å². The van der Waals surface area contributed by atoms with E-state index in [1.54, 1.807) is 6.08 Å². The van der Waals surface area contributed by atoms with E-state index < -0.39 is 0 Å². The summed E-state index contributed by atoms with van der Waals surface area (Å²) in [5.41, 5.74) is 8.51. The molecule has 3 N–H and O–H groups in total. The summed E-state index contributed by atoms with van der Waals surface area (Å²) in [5.74, 6) is 1.07. The molecule has 1 saturated carbocycles. The minimum Gasteiger partial charge on any atom is -0.401 e. The van der Waals surface area contributed by atoms with Crippen molar-refractivity contribution in [2.24, 2.45) is 22.1 Å². The van der Waals surface area contributed by atoms with Gasteiger partial charge in [0.15, 0.2) is 0 Å². The second-order valence-electron chi connectivity index (χ2n) is 8.85. The van der Waals surface area contributed by atoms with E-state index in [1.165, 1.54) is 45.4 Å². The Morgan fingerprint density at radius 2 is 1.96 bits per heavy atom. The second-order valence-corrected chi connectivity index (χ2v) is 9.25. The molecular formula is C23H34ClN3O. The molecule has 1 fully saturated rings. The summed E-state index contributed by atoms with van der Waals surface area (Å²) in [4.78, 5) is 16.2. The number of nitrogens with one attached hydrogen (secondary N) is 1. The Morgan fingerprint density at radius 1 is 1.29 bits per heavy atom. The lowest BCUT2D eigenvalue weighted by atomic mass is 9.85. The standard InChI is InChI=1S/C23H34ClN3O/c1-16(28)26-22(15-21(25)23(2,3)4)27-19-12-13-20(24)18(14-19)11-10-17-8-6-5-7-9-17/h12-15,17H,5-11,25H2,1-4H3,(H,26,27,28). The molecule has 0 atom stereocenters. The van der Waals surface area contributed by atoms with Crippen LogP contribution in [0.4, 0.5) is 5.69 Å². The fraction of sp³-hybridized carbons (Fsp3) is 0.565. The molecule has 28 heavy (non-hydrogen) atoms. The van der Waals surface area contributed by atoms with Crippen LogP contribution in [0, 0.1) is 11.3 Å². The maximum atomic E-state index is 11.6. The van der Waals surface area contributed by atoms with E-state index in [0.717, 1.165) is 28.6 Å². The maximum absolute atomic E-state index is 11.6. The van der Waals surface area contributed by atoms with E-state index in [1.807, 2.05) is 39.0 Å². The highest BCUT2D eigenvalue weighted by Crippen LogP contribution is 2.30. The number of allylic oxidation sites excluding steroid dienone is 1. The molecule has 2 rings (SSSR count). The summed E-state index contributed by atoms with van der Waals surface area (Å²) in [6.45, 7) is 7.54. The fourth-order valence-electron chi connectivity index (χ4n) is 3.44. The zero-order valence-corrected chi connectivity index (χ0v) is 18.4. The lowest BCUT2D eigenvalue weighted by Crippen LogP contribution is -2.29. The Balaban J connectivity index is 2.21. The van der Waals surface area contributed by atoms with Crippen molar-refractivity contribution in [3.8, 4) is 0 Å². The van der Waals surface area contributed by atoms with Crippen molar-refractivity contribution in [1.29, 1.82) is 0 Å². The lowest BCUT2D eigenvalue weighted by Gasteiger charge is -2.21. The molecule has 1 aliphatic rings. The normalized spacial score (nSPS) is 16.9. The van der Waals surface area contributed by atoms with Crippen molar-refractivity contribution in [1.82, 2.24) is 5.32 Å². The van der Waals surface area contributed by atoms with Gasteiger partial charge < -0.3 is 11.1 Å². The summed E-state index contributed by atoms with van der Waals surface area (Å²) in [6, 6.07) is 5.78. The molecule has 0 bridgehead atoms. The topological polar surface area (TPSA) is 67.5 Å². The first kappa shape index (κ1) is 22.5. The van der Waals surface area contributed by atoms with Crippen LogP contribution in [-0.4, -0.2) is 11.7 Å². The Hall–Kier alpha value is -1.81. The molecule has 1 amide bonds. The molecule has 0 spiro atoms. The van der Waals surface area contributed by atoms with Crippen LogP contribution in [0.3, 0.4) is 0 Å². The van der Waals surface area contributed by atoms with E-state index in [9.17, 15) is 4.79 Å². The largest absolute Gasteiger partial charge is 0.401 e. The Morgan fingerprint density at radius 3 is 2.57 bits per heavy atom. The number of benzene rings is 1. The van der Waals surface area contributed by atoms with E-state index in [0.29, 0.717) is 11.5 Å². The van der Waals surface area contributed by atoms with Crippen LogP contribution in [0.2, 0.25) is 5.02 Å². The number of hydrogen-bond donors (Lipinski definition) is 2. The van der Waals surface area contributed by atoms with Gasteiger partial charge in [0.05, 0.1) is 5.69 Å². The fourth-order valence-corrected chi connectivity index (χ4v) is 3.65. The van der Waals surface area contributed by atoms with E-state index >= 15 is 0 Å². The number of hydrogen-bond acceptors (Lipinski definition) is 3. The molecule has 1 aromatic rings. The predicted molar refractivity (Wildman–Crippen MR) is 119 cm³/mol. The van der Waals surface area contributed by atoms with E-state index in [4.69, 9.17) is 17.3 Å². The number of amidine groups is 1. The summed E-state index contributed by atoms with van der Waals surface area (Å²) in [7, 11) is 0. The van der Waals surface area contributed by atoms with Crippen LogP contribution in [0.1, 0.15) is 71.8 Å². The molecule has 1 aliphatic carbocycles. The number of nitrogens with two attached hydrogens (primary N) is 1. The average Bonchev–Trinajstić information content (AvgIpc) is 2.61. The zero-order chi connectivity index (χ0) is 20.7. The monoisotopic (exact) mass is 403 g/mol. The lowest BCUT2D eigenvalue weighted by molar-refractivity contribution is -0.117. The summed E-state index contributed by atoms with van der Waals surface area (Å²) in [5, 5.41) is 3.55. The first-order valence-corrected chi connectivity index (χ1v) is 10.7. The molecule has 4 nitrogen and oxygen atoms in total. The van der Waals surface area contributed by atoms with Gasteiger partial charge >= 0.3 is 0 Å². The van der Waals surface area contributed by atoms with Gasteiger partial charge in [-0.25, -0.2) is 4.99 Å². The van der Waals surface area contributed by atoms with Gasteiger partial charge in [-0.1, -0.05) is 64.5 Å². The van der Waals surface area contributed by atoms with Gasteiger partial charge in [-0.2, -0.15) is 0 Å². The van der Waals surface area contributed by atoms with E-state index in [-0.39, 0.29) is 11.3 Å². The molecule has 0 aliphatic heterocycles. The SMILES string of the molecule is CC(=O)NC(C=C(N)C(C)(C)C)=Nc1ccc(Cl)c(CCC2CCCCC2)c1. The first-order chi connectivity index (χ1) is 13.1. The van der Waals surface area contributed by atoms with Crippen molar-refractivity contribution in [2.75, 3.05) is 0 Å². The van der Waals surface area contributed by atoms with Gasteiger partial charge in [-0.15, -0.1) is 0 Å². The Bertz CT molecular complexity index is 741. The number of carbonyl (C=O) groups excluding carboxylic acids is 1. The molecule has 1 aromatic carbocycles. The smallest absolute Gasteiger partial charge is 0.222 e. The van der Waals surface area contributed by atoms with Crippen LogP contribution in [0.15, 0.2) is 35.0 Å². The van der Waals surface area contributed by atoms with Gasteiger partial charge in [0, 0.05) is 29.1 Å². The Labute approximate surface area is 174 Å². The van der Waals surface area contributed by atoms with Gasteiger partial charge in [-0.3, -0.25) is 4.79 Å². The highest BCUT2D eigenvalue weighted by atomic mass is 35.5. The van der Waals surface area contributed by atoms with Gasteiger partial charge in [0.1, 0.15) is 5.84 Å². The van der Waals surface area contributed by atoms with Crippen molar-refractivity contribution in [3.63, 3.8) is 0 Å². The average molecular weight is 404 g/mol. The van der Waals surface area contributed by atoms with E-state index in [2.05, 4.69) is 10.3 Å². The van der Waals surface area contributed by atoms with Crippen LogP contribution in [-0.2, 0) is 11.2 Å². The molecule has 0 radical (unpaired) electrons. The molecule has 5 heteroatoms. The minimum atomic E-state index is -0.204. The molecule has 0 aromatic heterocycles. The summed E-state index contributed by atoms with van der Waals surface area (Å²) in [6.07, 6.45) is 10.6. The zero-order valence-electron chi connectivity index (χ0n) is 17.6. The third-order valence-electron chi connectivity index (χ3n) is 5.29. The van der Waals surface area contributed by atoms with Crippen LogP contribution < -0.4 is 11.1 Å². The number of aryl methyl sites for hydroxylation is 1. The predicted octanol–water partition coefficient (Wildman–Crippen LogP) is 5.91. The highest BCUT2D eigenvalue weighted by Gasteiger charge is 2.16. The van der Waals surface area contributed by atoms with Crippen molar-refractivity contribution >= 4 is 29.0 Å². The van der Waals surface area contributed by atoms with Gasteiger partial charge in [0.25, 0.3) is 0 Å². The minimum absolute atomic E-state index is 0.178. The Kier molecular flexibility index (Phi) is 8.11. The quantitative estimate of drug-likeness (QED) is 0.474. The van der Waals surface area contributed by atoms with Crippen LogP contribution in [0.5, 0.6) is 0 Å². The van der Waals surface area contributed by atoms with Crippen molar-refractivity contribution in [2.45, 2.75) is 72.6 Å². The number of halogens is 1. The molecule has 154 valence electrons. The van der Waals surface area contributed by atoms with Crippen LogP contribution >= 0.6 is 11.6 Å². The summed E-state index contributed by atoms with van der Waals surface area (Å²) < 4.78 is 0. The number of nitrogens with zero attached hydrogens (tertiary/aromatic N) is 1. The maximum Gasteiger partial charge on any atom is 0.222 e. The van der Waals surface area contributed by atoms with Gasteiger partial charge in [-0.05, 0) is 42.5 Å². The number of amides is 1. The van der Waals surface area contributed by atoms with Gasteiger partial charge in [0.2, 0.25) is 5.91 Å². The number of rotatable bonds is 5. The number of aliphatic imine (C=N–C) groups is 1.